The van der Waals surface area contributed by atoms with E-state index < -0.39 is 11.5 Å². The van der Waals surface area contributed by atoms with Gasteiger partial charge >= 0.3 is 5.97 Å². The molecule has 0 unspecified atom stereocenters. The average molecular weight is 306 g/mol. The first-order chi connectivity index (χ1) is 10.1. The van der Waals surface area contributed by atoms with Gasteiger partial charge in [0.05, 0.1) is 18.0 Å². The van der Waals surface area contributed by atoms with E-state index in [1.807, 2.05) is 25.1 Å². The molecule has 1 heterocycles. The van der Waals surface area contributed by atoms with Gasteiger partial charge < -0.3 is 9.84 Å². The molecule has 0 aliphatic carbocycles. The minimum absolute atomic E-state index is 0.165. The summed E-state index contributed by atoms with van der Waals surface area (Å²) < 4.78 is 7.10. The molecule has 2 aromatic rings. The van der Waals surface area contributed by atoms with Crippen molar-refractivity contribution in [2.75, 3.05) is 12.4 Å². The Morgan fingerprint density at radius 3 is 2.95 bits per heavy atom. The van der Waals surface area contributed by atoms with Crippen molar-refractivity contribution in [2.24, 2.45) is 0 Å². The van der Waals surface area contributed by atoms with E-state index in [9.17, 15) is 9.59 Å². The van der Waals surface area contributed by atoms with Crippen LogP contribution in [0.25, 0.3) is 5.69 Å². The SMILES string of the molecule is CCOc1cccc(-n2ccc(=O)nc2SCC(=O)O)c1. The highest BCUT2D eigenvalue weighted by Gasteiger charge is 2.09. The number of carboxylic acid groups (broad SMARTS) is 1. The van der Waals surface area contributed by atoms with E-state index in [2.05, 4.69) is 4.98 Å². The lowest BCUT2D eigenvalue weighted by molar-refractivity contribution is -0.133. The molecule has 7 heteroatoms. The molecule has 0 aliphatic heterocycles. The molecule has 1 aromatic heterocycles. The van der Waals surface area contributed by atoms with Crippen molar-refractivity contribution in [2.45, 2.75) is 12.1 Å². The van der Waals surface area contributed by atoms with Gasteiger partial charge in [-0.25, -0.2) is 0 Å². The predicted molar refractivity (Wildman–Crippen MR) is 79.4 cm³/mol. The Morgan fingerprint density at radius 1 is 1.43 bits per heavy atom. The maximum absolute atomic E-state index is 11.4. The van der Waals surface area contributed by atoms with Crippen molar-refractivity contribution in [1.29, 1.82) is 0 Å². The maximum atomic E-state index is 11.4. The van der Waals surface area contributed by atoms with Gasteiger partial charge in [-0.2, -0.15) is 4.98 Å². The number of thioether (sulfide) groups is 1. The number of benzene rings is 1. The van der Waals surface area contributed by atoms with Gasteiger partial charge in [-0.15, -0.1) is 0 Å². The second kappa shape index (κ2) is 6.94. The van der Waals surface area contributed by atoms with Gasteiger partial charge in [-0.3, -0.25) is 14.2 Å². The monoisotopic (exact) mass is 306 g/mol. The van der Waals surface area contributed by atoms with Gasteiger partial charge in [0.2, 0.25) is 0 Å². The molecule has 0 radical (unpaired) electrons. The van der Waals surface area contributed by atoms with E-state index >= 15 is 0 Å². The number of rotatable bonds is 6. The fraction of sp³-hybridized carbons (Fsp3) is 0.214. The van der Waals surface area contributed by atoms with Crippen LogP contribution in [0.4, 0.5) is 0 Å². The summed E-state index contributed by atoms with van der Waals surface area (Å²) >= 11 is 0.995. The minimum atomic E-state index is -0.965. The Kier molecular flexibility index (Phi) is 4.99. The summed E-state index contributed by atoms with van der Waals surface area (Å²) in [6, 6.07) is 8.62. The molecule has 21 heavy (non-hydrogen) atoms. The Bertz CT molecular complexity index is 699. The van der Waals surface area contributed by atoms with Crippen LogP contribution in [-0.4, -0.2) is 33.0 Å². The highest BCUT2D eigenvalue weighted by Crippen LogP contribution is 2.21. The quantitative estimate of drug-likeness (QED) is 0.647. The summed E-state index contributed by atoms with van der Waals surface area (Å²) in [5.74, 6) is -0.433. The third-order valence-electron chi connectivity index (χ3n) is 2.51. The van der Waals surface area contributed by atoms with Crippen molar-refractivity contribution in [1.82, 2.24) is 9.55 Å². The molecule has 6 nitrogen and oxygen atoms in total. The number of hydrogen-bond donors (Lipinski definition) is 1. The molecule has 2 rings (SSSR count). The number of aromatic nitrogens is 2. The second-order valence-corrected chi connectivity index (χ2v) is 4.97. The highest BCUT2D eigenvalue weighted by atomic mass is 32.2. The van der Waals surface area contributed by atoms with Crippen LogP contribution in [-0.2, 0) is 4.79 Å². The Hall–Kier alpha value is -2.28. The third kappa shape index (κ3) is 4.09. The molecule has 0 saturated carbocycles. The second-order valence-electron chi connectivity index (χ2n) is 4.03. The standard InChI is InChI=1S/C14H14N2O4S/c1-2-20-11-5-3-4-10(8-11)16-7-6-12(17)15-14(16)21-9-13(18)19/h3-8H,2,9H2,1H3,(H,18,19). The van der Waals surface area contributed by atoms with E-state index in [0.717, 1.165) is 17.4 Å². The smallest absolute Gasteiger partial charge is 0.313 e. The summed E-state index contributed by atoms with van der Waals surface area (Å²) in [5, 5.41) is 9.10. The van der Waals surface area contributed by atoms with Crippen LogP contribution >= 0.6 is 11.8 Å². The molecule has 0 fully saturated rings. The molecule has 0 bridgehead atoms. The van der Waals surface area contributed by atoms with Crippen LogP contribution in [0.2, 0.25) is 0 Å². The van der Waals surface area contributed by atoms with E-state index in [1.54, 1.807) is 16.8 Å². The largest absolute Gasteiger partial charge is 0.494 e. The number of carbonyl (C=O) groups is 1. The molecule has 0 amide bonds. The number of aliphatic carboxylic acids is 1. The molecular weight excluding hydrogens is 292 g/mol. The van der Waals surface area contributed by atoms with Gasteiger partial charge in [0, 0.05) is 18.3 Å². The number of ether oxygens (including phenoxy) is 1. The number of hydrogen-bond acceptors (Lipinski definition) is 5. The van der Waals surface area contributed by atoms with Crippen LogP contribution in [0.3, 0.4) is 0 Å². The lowest BCUT2D eigenvalue weighted by Gasteiger charge is -2.12. The van der Waals surface area contributed by atoms with Crippen LogP contribution in [0.15, 0.2) is 46.5 Å². The Balaban J connectivity index is 2.40. The maximum Gasteiger partial charge on any atom is 0.313 e. The molecule has 0 saturated heterocycles. The molecule has 0 spiro atoms. The molecular formula is C14H14N2O4S. The normalized spacial score (nSPS) is 10.3. The third-order valence-corrected chi connectivity index (χ3v) is 3.45. The van der Waals surface area contributed by atoms with Crippen molar-refractivity contribution < 1.29 is 14.6 Å². The first-order valence-electron chi connectivity index (χ1n) is 6.27. The van der Waals surface area contributed by atoms with Gasteiger partial charge in [0.25, 0.3) is 5.56 Å². The van der Waals surface area contributed by atoms with Gasteiger partial charge in [0.1, 0.15) is 5.75 Å². The van der Waals surface area contributed by atoms with Crippen molar-refractivity contribution in [3.8, 4) is 11.4 Å². The van der Waals surface area contributed by atoms with Crippen LogP contribution in [0.5, 0.6) is 5.75 Å². The summed E-state index contributed by atoms with van der Waals surface area (Å²) in [4.78, 5) is 25.9. The molecule has 0 atom stereocenters. The van der Waals surface area contributed by atoms with Gasteiger partial charge in [-0.1, -0.05) is 17.8 Å². The molecule has 0 aliphatic rings. The van der Waals surface area contributed by atoms with Gasteiger partial charge in [0.15, 0.2) is 5.16 Å². The highest BCUT2D eigenvalue weighted by molar-refractivity contribution is 7.99. The van der Waals surface area contributed by atoms with E-state index in [4.69, 9.17) is 9.84 Å². The van der Waals surface area contributed by atoms with Crippen LogP contribution in [0.1, 0.15) is 6.92 Å². The Labute approximate surface area is 125 Å². The topological polar surface area (TPSA) is 81.4 Å². The summed E-state index contributed by atoms with van der Waals surface area (Å²) in [6.07, 6.45) is 1.57. The Morgan fingerprint density at radius 2 is 2.24 bits per heavy atom. The lowest BCUT2D eigenvalue weighted by atomic mass is 10.3. The predicted octanol–water partition coefficient (Wildman–Crippen LogP) is 1.81. The van der Waals surface area contributed by atoms with Crippen molar-refractivity contribution in [3.05, 3.63) is 46.9 Å². The number of nitrogens with zero attached hydrogens (tertiary/aromatic N) is 2. The zero-order valence-corrected chi connectivity index (χ0v) is 12.2. The zero-order chi connectivity index (χ0) is 15.2. The van der Waals surface area contributed by atoms with Crippen LogP contribution < -0.4 is 10.3 Å². The average Bonchev–Trinajstić information content (AvgIpc) is 2.46. The van der Waals surface area contributed by atoms with Gasteiger partial charge in [-0.05, 0) is 19.1 Å². The summed E-state index contributed by atoms with van der Waals surface area (Å²) in [6.45, 7) is 2.44. The first kappa shape index (κ1) is 15.1. The zero-order valence-electron chi connectivity index (χ0n) is 11.4. The fourth-order valence-corrected chi connectivity index (χ4v) is 2.41. The van der Waals surface area contributed by atoms with E-state index in [0.29, 0.717) is 17.5 Å². The summed E-state index contributed by atoms with van der Waals surface area (Å²) in [7, 11) is 0. The van der Waals surface area contributed by atoms with Crippen molar-refractivity contribution in [3.63, 3.8) is 0 Å². The van der Waals surface area contributed by atoms with E-state index in [1.165, 1.54) is 6.07 Å². The molecule has 110 valence electrons. The fourth-order valence-electron chi connectivity index (χ4n) is 1.70. The molecule has 1 aromatic carbocycles. The van der Waals surface area contributed by atoms with E-state index in [-0.39, 0.29) is 5.75 Å². The van der Waals surface area contributed by atoms with Crippen molar-refractivity contribution >= 4 is 17.7 Å². The lowest BCUT2D eigenvalue weighted by Crippen LogP contribution is -2.13. The summed E-state index contributed by atoms with van der Waals surface area (Å²) in [5.41, 5.74) is 0.349. The minimum Gasteiger partial charge on any atom is -0.494 e. The number of carboxylic acids is 1. The van der Waals surface area contributed by atoms with Crippen LogP contribution in [0, 0.1) is 0 Å². The first-order valence-corrected chi connectivity index (χ1v) is 7.26. The molecule has 1 N–H and O–H groups in total.